The molecule has 0 heterocycles. The zero-order valence-electron chi connectivity index (χ0n) is 15.3. The lowest BCUT2D eigenvalue weighted by molar-refractivity contribution is -0.106. The van der Waals surface area contributed by atoms with Gasteiger partial charge in [-0.05, 0) is 37.9 Å². The highest BCUT2D eigenvalue weighted by molar-refractivity contribution is 6.74. The molecule has 0 spiro atoms. The Labute approximate surface area is 136 Å². The summed E-state index contributed by atoms with van der Waals surface area (Å²) < 4.78 is 12.2. The van der Waals surface area contributed by atoms with Crippen LogP contribution in [0.2, 0.25) is 18.1 Å². The van der Waals surface area contributed by atoms with Gasteiger partial charge < -0.3 is 19.1 Å². The summed E-state index contributed by atoms with van der Waals surface area (Å²) in [5.41, 5.74) is 0.894. The molecule has 1 rings (SSSR count). The number of aliphatic hydroxyl groups is 1. The normalized spacial score (nSPS) is 31.2. The molecule has 1 aliphatic rings. The first-order valence-electron chi connectivity index (χ1n) is 8.01. The van der Waals surface area contributed by atoms with Gasteiger partial charge in [-0.15, -0.1) is 0 Å². The Balaban J connectivity index is 3.02. The summed E-state index contributed by atoms with van der Waals surface area (Å²) in [4.78, 5) is 4.90. The number of ether oxygens (including phenoxy) is 1. The molecule has 0 aromatic carbocycles. The van der Waals surface area contributed by atoms with Crippen molar-refractivity contribution in [3.63, 3.8) is 0 Å². The maximum absolute atomic E-state index is 10.5. The van der Waals surface area contributed by atoms with Crippen molar-refractivity contribution in [2.24, 2.45) is 11.1 Å². The molecule has 6 heteroatoms. The summed E-state index contributed by atoms with van der Waals surface area (Å²) in [6, 6.07) is 0. The van der Waals surface area contributed by atoms with Gasteiger partial charge in [0.25, 0.3) is 0 Å². The molecular formula is C16H33NO4Si. The van der Waals surface area contributed by atoms with Gasteiger partial charge in [0, 0.05) is 13.0 Å². The average molecular weight is 332 g/mol. The largest absolute Gasteiger partial charge is 0.409 e. The van der Waals surface area contributed by atoms with Gasteiger partial charge >= 0.3 is 0 Å². The van der Waals surface area contributed by atoms with Crippen molar-refractivity contribution < 1.29 is 19.1 Å². The molecule has 0 unspecified atom stereocenters. The van der Waals surface area contributed by atoms with Crippen molar-refractivity contribution in [3.8, 4) is 0 Å². The number of hydrogen-bond acceptors (Lipinski definition) is 5. The number of rotatable bonds is 5. The van der Waals surface area contributed by atoms with Crippen molar-refractivity contribution in [2.75, 3.05) is 14.2 Å². The zero-order valence-corrected chi connectivity index (χ0v) is 16.3. The second-order valence-electron chi connectivity index (χ2n) is 7.71. The molecule has 0 radical (unpaired) electrons. The first kappa shape index (κ1) is 19.6. The molecule has 1 N–H and O–H groups in total. The van der Waals surface area contributed by atoms with Crippen LogP contribution in [0.3, 0.4) is 0 Å². The molecule has 0 bridgehead atoms. The van der Waals surface area contributed by atoms with Crippen LogP contribution in [-0.2, 0) is 14.0 Å². The van der Waals surface area contributed by atoms with E-state index >= 15 is 0 Å². The van der Waals surface area contributed by atoms with E-state index in [4.69, 9.17) is 14.0 Å². The highest BCUT2D eigenvalue weighted by Gasteiger charge is 2.47. The van der Waals surface area contributed by atoms with Crippen molar-refractivity contribution >= 4 is 14.0 Å². The fraction of sp³-hybridized carbons (Fsp3) is 0.938. The second-order valence-corrected chi connectivity index (χ2v) is 12.5. The number of aliphatic hydroxyl groups excluding tert-OH is 1. The van der Waals surface area contributed by atoms with E-state index < -0.39 is 14.4 Å². The number of methoxy groups -OCH3 is 1. The van der Waals surface area contributed by atoms with E-state index in [2.05, 4.69) is 39.0 Å². The lowest BCUT2D eigenvalue weighted by Gasteiger charge is -2.46. The van der Waals surface area contributed by atoms with Gasteiger partial charge in [0.15, 0.2) is 8.32 Å². The average Bonchev–Trinajstić information content (AvgIpc) is 2.39. The highest BCUT2D eigenvalue weighted by Crippen LogP contribution is 2.40. The molecule has 1 aliphatic carbocycles. The number of nitrogens with zero attached hydrogens (tertiary/aromatic N) is 1. The summed E-state index contributed by atoms with van der Waals surface area (Å²) in [7, 11) is 1.24. The molecule has 0 aromatic heterocycles. The van der Waals surface area contributed by atoms with E-state index in [1.807, 2.05) is 6.92 Å². The van der Waals surface area contributed by atoms with E-state index in [1.165, 1.54) is 0 Å². The Morgan fingerprint density at radius 2 is 1.73 bits per heavy atom. The van der Waals surface area contributed by atoms with E-state index in [-0.39, 0.29) is 23.2 Å². The molecule has 0 aromatic rings. The number of hydrogen-bond donors (Lipinski definition) is 1. The molecular weight excluding hydrogens is 298 g/mol. The minimum absolute atomic E-state index is 0.0909. The number of oxime groups is 1. The first-order chi connectivity index (χ1) is 10.0. The maximum Gasteiger partial charge on any atom is 0.192 e. The van der Waals surface area contributed by atoms with Gasteiger partial charge in [-0.3, -0.25) is 0 Å². The zero-order chi connectivity index (χ0) is 17.1. The fourth-order valence-corrected chi connectivity index (χ4v) is 4.07. The maximum atomic E-state index is 10.5. The first-order valence-corrected chi connectivity index (χ1v) is 10.9. The van der Waals surface area contributed by atoms with Gasteiger partial charge in [0.2, 0.25) is 0 Å². The van der Waals surface area contributed by atoms with Crippen LogP contribution in [0.15, 0.2) is 5.16 Å². The van der Waals surface area contributed by atoms with E-state index in [1.54, 1.807) is 14.2 Å². The Hall–Kier alpha value is -0.433. The van der Waals surface area contributed by atoms with Gasteiger partial charge in [0.1, 0.15) is 7.11 Å². The predicted octanol–water partition coefficient (Wildman–Crippen LogP) is 3.19. The third-order valence-electron chi connectivity index (χ3n) is 5.15. The molecule has 0 amide bonds. The van der Waals surface area contributed by atoms with Crippen LogP contribution in [0.4, 0.5) is 0 Å². The summed E-state index contributed by atoms with van der Waals surface area (Å²) in [6.07, 6.45) is 0.518. The van der Waals surface area contributed by atoms with Crippen LogP contribution < -0.4 is 0 Å². The fourth-order valence-electron chi connectivity index (χ4n) is 2.75. The lowest BCUT2D eigenvalue weighted by Crippen LogP contribution is -2.56. The second kappa shape index (κ2) is 7.42. The third-order valence-corrected chi connectivity index (χ3v) is 9.63. The molecule has 130 valence electrons. The SMILES string of the molecule is CO/N=C(/C)[C@H]1CC[C@@H](O)[C@@H](O[Si](C)(C)C(C)(C)C)[C@@H]1OC. The summed E-state index contributed by atoms with van der Waals surface area (Å²) in [5.74, 6) is 0.114. The third kappa shape index (κ3) is 4.31. The quantitative estimate of drug-likeness (QED) is 0.477. The molecule has 5 nitrogen and oxygen atoms in total. The molecule has 22 heavy (non-hydrogen) atoms. The Kier molecular flexibility index (Phi) is 6.62. The van der Waals surface area contributed by atoms with E-state index in [9.17, 15) is 5.11 Å². The van der Waals surface area contributed by atoms with Crippen molar-refractivity contribution in [1.82, 2.24) is 0 Å². The van der Waals surface area contributed by atoms with Gasteiger partial charge in [-0.25, -0.2) is 0 Å². The van der Waals surface area contributed by atoms with Crippen molar-refractivity contribution in [2.45, 2.75) is 77.0 Å². The minimum atomic E-state index is -1.99. The molecule has 1 fully saturated rings. The van der Waals surface area contributed by atoms with Crippen molar-refractivity contribution in [3.05, 3.63) is 0 Å². The summed E-state index contributed by atoms with van der Waals surface area (Å²) in [6.45, 7) is 12.9. The van der Waals surface area contributed by atoms with Crippen molar-refractivity contribution in [1.29, 1.82) is 0 Å². The standard InChI is InChI=1S/C16H33NO4Si/c1-11(17-20-6)12-9-10-13(18)15(14(12)19-5)21-22(7,8)16(2,3)4/h12-15,18H,9-10H2,1-8H3/b17-11-/t12-,13-,14-,15-/m1/s1. The van der Waals surface area contributed by atoms with Gasteiger partial charge in [0.05, 0.1) is 24.0 Å². The summed E-state index contributed by atoms with van der Waals surface area (Å²) in [5, 5.41) is 14.6. The van der Waals surface area contributed by atoms with Crippen LogP contribution in [0.5, 0.6) is 0 Å². The highest BCUT2D eigenvalue weighted by atomic mass is 28.4. The van der Waals surface area contributed by atoms with Crippen LogP contribution in [0.25, 0.3) is 0 Å². The lowest BCUT2D eigenvalue weighted by atomic mass is 9.80. The summed E-state index contributed by atoms with van der Waals surface area (Å²) >= 11 is 0. The molecule has 0 saturated heterocycles. The van der Waals surface area contributed by atoms with Gasteiger partial charge in [-0.2, -0.15) is 0 Å². The van der Waals surface area contributed by atoms with Crippen LogP contribution in [0, 0.1) is 5.92 Å². The topological polar surface area (TPSA) is 60.3 Å². The predicted molar refractivity (Wildman–Crippen MR) is 91.7 cm³/mol. The van der Waals surface area contributed by atoms with Crippen LogP contribution in [-0.4, -0.2) is 51.7 Å². The molecule has 0 aliphatic heterocycles. The Morgan fingerprint density at radius 3 is 2.18 bits per heavy atom. The van der Waals surface area contributed by atoms with Crippen LogP contribution in [0.1, 0.15) is 40.5 Å². The monoisotopic (exact) mass is 331 g/mol. The smallest absolute Gasteiger partial charge is 0.192 e. The Morgan fingerprint density at radius 1 is 1.14 bits per heavy atom. The van der Waals surface area contributed by atoms with E-state index in [0.717, 1.165) is 12.1 Å². The minimum Gasteiger partial charge on any atom is -0.409 e. The molecule has 4 atom stereocenters. The van der Waals surface area contributed by atoms with E-state index in [0.29, 0.717) is 6.42 Å². The van der Waals surface area contributed by atoms with Gasteiger partial charge in [-0.1, -0.05) is 25.9 Å². The molecule has 1 saturated carbocycles. The Bertz CT molecular complexity index is 392. The van der Waals surface area contributed by atoms with Crippen LogP contribution >= 0.6 is 0 Å².